The molecule has 1 heterocycles. The Morgan fingerprint density at radius 2 is 1.27 bits per heavy atom. The van der Waals surface area contributed by atoms with E-state index >= 15 is 0 Å². The molecule has 0 saturated heterocycles. The van der Waals surface area contributed by atoms with Gasteiger partial charge in [0, 0.05) is 24.1 Å². The van der Waals surface area contributed by atoms with Gasteiger partial charge in [0.25, 0.3) is 5.09 Å². The van der Waals surface area contributed by atoms with E-state index in [4.69, 9.17) is 25.5 Å². The molecule has 0 atom stereocenters. The molecule has 10 nitrogen and oxygen atoms in total. The molecule has 1 aromatic heterocycles. The zero-order chi connectivity index (χ0) is 21.6. The SMILES string of the molecule is CO.N.N.O=C(O)c1ccccc1.O=[N+]([O-])O.[Cl-].[Pt+4].c1ccc2c(c1)cnc1ccccc12. The Kier molecular flexibility index (Phi) is 23.4. The van der Waals surface area contributed by atoms with Crippen molar-refractivity contribution < 1.29 is 58.8 Å². The number of halogens is 1. The summed E-state index contributed by atoms with van der Waals surface area (Å²) < 4.78 is 0. The fourth-order valence-electron chi connectivity index (χ4n) is 2.39. The number of carboxylic acids is 1. The first-order chi connectivity index (χ1) is 14.0. The third-order valence-corrected chi connectivity index (χ3v) is 3.52. The standard InChI is InChI=1S/C13H9N.C7H6O2.CH4O.ClH.HNO3.2H3N.Pt/c1-2-6-11-10(5-1)9-14-13-8-4-3-7-12(11)13;8-7(9)6-4-2-1-3-5-6;1-2;;2-1(3)4;;;/h1-9H;1-5H,(H,8,9);2H,1H3;1H;(H,2,3,4);2*1H3;/q;;;;;;;+4/p-1. The van der Waals surface area contributed by atoms with E-state index in [1.807, 2.05) is 24.4 Å². The largest absolute Gasteiger partial charge is 4.00 e. The van der Waals surface area contributed by atoms with Crippen LogP contribution < -0.4 is 24.7 Å². The molecule has 4 aromatic rings. The van der Waals surface area contributed by atoms with Crippen molar-refractivity contribution in [1.82, 2.24) is 17.3 Å². The van der Waals surface area contributed by atoms with Crippen LogP contribution in [0.25, 0.3) is 21.7 Å². The van der Waals surface area contributed by atoms with E-state index in [9.17, 15) is 4.79 Å². The van der Waals surface area contributed by atoms with E-state index in [0.29, 0.717) is 5.56 Å². The van der Waals surface area contributed by atoms with Crippen molar-refractivity contribution in [1.29, 1.82) is 0 Å². The maximum absolute atomic E-state index is 10.2. The summed E-state index contributed by atoms with van der Waals surface area (Å²) in [4.78, 5) is 23.0. The number of nitrogens with zero attached hydrogens (tertiary/aromatic N) is 2. The molecule has 0 unspecified atom stereocenters. The second kappa shape index (κ2) is 20.7. The van der Waals surface area contributed by atoms with E-state index in [1.54, 1.807) is 30.3 Å². The van der Waals surface area contributed by atoms with E-state index in [2.05, 4.69) is 35.3 Å². The molecule has 3 aromatic carbocycles. The second-order valence-corrected chi connectivity index (χ2v) is 5.27. The number of benzene rings is 3. The molecular weight excluding hydrogens is 635 g/mol. The predicted octanol–water partition coefficient (Wildman–Crippen LogP) is 1.36. The minimum absolute atomic E-state index is 0. The maximum Gasteiger partial charge on any atom is 4.00 e. The molecule has 4 rings (SSSR count). The molecule has 180 valence electrons. The van der Waals surface area contributed by atoms with Crippen molar-refractivity contribution in [3.05, 3.63) is 101 Å². The summed E-state index contributed by atoms with van der Waals surface area (Å²) in [5, 5.41) is 32.7. The van der Waals surface area contributed by atoms with Gasteiger partial charge >= 0.3 is 27.0 Å². The number of hydrogen-bond acceptors (Lipinski definition) is 7. The van der Waals surface area contributed by atoms with Gasteiger partial charge in [-0.15, -0.1) is 10.1 Å². The normalized spacial score (nSPS) is 7.94. The van der Waals surface area contributed by atoms with Crippen molar-refractivity contribution >= 4 is 27.6 Å². The number of carbonyl (C=O) groups is 1. The first-order valence-electron chi connectivity index (χ1n) is 8.28. The van der Waals surface area contributed by atoms with Gasteiger partial charge in [-0.25, -0.2) is 4.79 Å². The van der Waals surface area contributed by atoms with Crippen molar-refractivity contribution in [2.75, 3.05) is 7.11 Å². The van der Waals surface area contributed by atoms with Crippen LogP contribution >= 0.6 is 0 Å². The zero-order valence-electron chi connectivity index (χ0n) is 17.7. The average Bonchev–Trinajstić information content (AvgIpc) is 2.76. The number of aromatic nitrogens is 1. The monoisotopic (exact) mass is 660 g/mol. The summed E-state index contributed by atoms with van der Waals surface area (Å²) in [5.74, 6) is -0.879. The minimum atomic E-state index is -1.50. The van der Waals surface area contributed by atoms with E-state index < -0.39 is 11.1 Å². The smallest absolute Gasteiger partial charge is 1.00 e. The third kappa shape index (κ3) is 13.1. The number of rotatable bonds is 1. The topological polar surface area (TPSA) is 204 Å². The molecule has 0 saturated carbocycles. The van der Waals surface area contributed by atoms with Gasteiger partial charge in [0.2, 0.25) is 0 Å². The third-order valence-electron chi connectivity index (χ3n) is 3.52. The first kappa shape index (κ1) is 37.2. The zero-order valence-corrected chi connectivity index (χ0v) is 20.7. The summed E-state index contributed by atoms with van der Waals surface area (Å²) in [5.41, 5.74) is 1.39. The fourth-order valence-corrected chi connectivity index (χ4v) is 2.39. The van der Waals surface area contributed by atoms with E-state index in [-0.39, 0.29) is 45.8 Å². The summed E-state index contributed by atoms with van der Waals surface area (Å²) >= 11 is 0. The molecule has 0 aliphatic carbocycles. The number of aliphatic hydroxyl groups excluding tert-OH is 1. The van der Waals surface area contributed by atoms with Crippen LogP contribution in [0.3, 0.4) is 0 Å². The van der Waals surface area contributed by atoms with Gasteiger partial charge in [-0.2, -0.15) is 0 Å². The fraction of sp³-hybridized carbons (Fsp3) is 0.0476. The Bertz CT molecular complexity index is 1020. The molecule has 0 aliphatic heterocycles. The Labute approximate surface area is 211 Å². The van der Waals surface area contributed by atoms with Crippen molar-refractivity contribution in [2.45, 2.75) is 0 Å². The Balaban J connectivity index is -0.000000196. The van der Waals surface area contributed by atoms with Crippen molar-refractivity contribution in [3.63, 3.8) is 0 Å². The molecule has 33 heavy (non-hydrogen) atoms. The molecule has 0 amide bonds. The maximum atomic E-state index is 10.2. The van der Waals surface area contributed by atoms with Gasteiger partial charge in [0.05, 0.1) is 11.1 Å². The van der Waals surface area contributed by atoms with E-state index in [1.165, 1.54) is 16.2 Å². The number of carboxylic acid groups (broad SMARTS) is 1. The molecule has 0 bridgehead atoms. The number of pyridine rings is 1. The summed E-state index contributed by atoms with van der Waals surface area (Å²) in [7, 11) is 1.00. The summed E-state index contributed by atoms with van der Waals surface area (Å²) in [6.45, 7) is 0. The second-order valence-electron chi connectivity index (χ2n) is 5.27. The van der Waals surface area contributed by atoms with Crippen LogP contribution in [-0.4, -0.2) is 38.6 Å². The number of para-hydroxylation sites is 1. The number of fused-ring (bicyclic) bond motifs is 3. The Hall–Kier alpha value is -3.14. The Morgan fingerprint density at radius 1 is 0.848 bits per heavy atom. The van der Waals surface area contributed by atoms with Gasteiger partial charge in [-0.1, -0.05) is 60.7 Å². The first-order valence-corrected chi connectivity index (χ1v) is 8.28. The summed E-state index contributed by atoms with van der Waals surface area (Å²) in [6.07, 6.45) is 1.93. The van der Waals surface area contributed by atoms with Crippen LogP contribution in [0.1, 0.15) is 10.4 Å². The van der Waals surface area contributed by atoms with Crippen LogP contribution in [-0.2, 0) is 21.1 Å². The van der Waals surface area contributed by atoms with Crippen molar-refractivity contribution in [2.24, 2.45) is 0 Å². The van der Waals surface area contributed by atoms with Crippen LogP contribution in [0.15, 0.2) is 85.1 Å². The molecule has 12 heteroatoms. The van der Waals surface area contributed by atoms with Gasteiger partial charge in [0.15, 0.2) is 0 Å². The quantitative estimate of drug-likeness (QED) is 0.113. The van der Waals surface area contributed by atoms with Gasteiger partial charge in [-0.3, -0.25) is 4.98 Å². The molecule has 0 fully saturated rings. The molecular formula is C21H26ClN4O6Pt+3. The average molecular weight is 661 g/mol. The number of aromatic carboxylic acids is 1. The molecule has 0 radical (unpaired) electrons. The van der Waals surface area contributed by atoms with E-state index in [0.717, 1.165) is 12.6 Å². The Morgan fingerprint density at radius 3 is 1.76 bits per heavy atom. The predicted molar refractivity (Wildman–Crippen MR) is 120 cm³/mol. The molecule has 0 spiro atoms. The molecule has 0 aliphatic rings. The van der Waals surface area contributed by atoms with Crippen LogP contribution in [0.2, 0.25) is 0 Å². The minimum Gasteiger partial charge on any atom is -1.00 e. The van der Waals surface area contributed by atoms with Crippen molar-refractivity contribution in [3.8, 4) is 0 Å². The summed E-state index contributed by atoms with van der Waals surface area (Å²) in [6, 6.07) is 24.9. The van der Waals surface area contributed by atoms with Crippen LogP contribution in [0.5, 0.6) is 0 Å². The molecule has 9 N–H and O–H groups in total. The number of aliphatic hydroxyl groups is 1. The van der Waals surface area contributed by atoms with Gasteiger partial charge in [-0.05, 0) is 23.6 Å². The van der Waals surface area contributed by atoms with Gasteiger partial charge in [0.1, 0.15) is 0 Å². The van der Waals surface area contributed by atoms with Crippen LogP contribution in [0, 0.1) is 10.1 Å². The number of hydrogen-bond donors (Lipinski definition) is 5. The van der Waals surface area contributed by atoms with Gasteiger partial charge < -0.3 is 40.1 Å². The van der Waals surface area contributed by atoms with Crippen LogP contribution in [0.4, 0.5) is 0 Å².